The van der Waals surface area contributed by atoms with Gasteiger partial charge in [-0.25, -0.2) is 19.6 Å². The Kier molecular flexibility index (Phi) is 24.9. The molecular weight excluding hydrogens is 864 g/mol. The summed E-state index contributed by atoms with van der Waals surface area (Å²) in [7, 11) is 2.92. The number of aldehydes is 1. The number of esters is 2. The number of carbonyl (C=O) groups is 3. The maximum atomic E-state index is 12.4. The maximum Gasteiger partial charge on any atom is 0.327 e. The van der Waals surface area contributed by atoms with Crippen LogP contribution in [0, 0.1) is 0 Å². The normalized spacial score (nSPS) is 16.6. The van der Waals surface area contributed by atoms with Crippen LogP contribution in [0.25, 0.3) is 0 Å². The molecule has 2 saturated heterocycles. The van der Waals surface area contributed by atoms with Crippen LogP contribution in [0.2, 0.25) is 0 Å². The van der Waals surface area contributed by atoms with Gasteiger partial charge in [-0.3, -0.25) is 9.80 Å². The second-order valence-corrected chi connectivity index (χ2v) is 17.2. The van der Waals surface area contributed by atoms with E-state index in [0.717, 1.165) is 145 Å². The fourth-order valence-electron chi connectivity index (χ4n) is 9.04. The second-order valence-electron chi connectivity index (χ2n) is 17.2. The first kappa shape index (κ1) is 54.7. The van der Waals surface area contributed by atoms with E-state index in [0.29, 0.717) is 6.42 Å². The number of unbranched alkanes of at least 4 members (excludes halogenated alkanes) is 4. The first-order valence-electron chi connectivity index (χ1n) is 24.0. The molecule has 0 bridgehead atoms. The number of methoxy groups -OCH3 is 2. The van der Waals surface area contributed by atoms with Gasteiger partial charge in [0, 0.05) is 83.3 Å². The summed E-state index contributed by atoms with van der Waals surface area (Å²) in [4.78, 5) is 50.9. The van der Waals surface area contributed by atoms with E-state index in [1.165, 1.54) is 63.1 Å². The summed E-state index contributed by atoms with van der Waals surface area (Å²) in [5.74, 6) is 1.82. The predicted octanol–water partition coefficient (Wildman–Crippen LogP) is 7.90. The number of aromatic nitrogens is 2. The van der Waals surface area contributed by atoms with E-state index in [9.17, 15) is 14.4 Å². The topological polar surface area (TPSA) is 141 Å². The maximum absolute atomic E-state index is 12.4. The van der Waals surface area contributed by atoms with Crippen LogP contribution < -0.4 is 16.0 Å². The number of ether oxygens (including phenoxy) is 2. The van der Waals surface area contributed by atoms with Crippen LogP contribution >= 0.6 is 12.4 Å². The molecule has 67 heavy (non-hydrogen) atoms. The average molecular weight is 942 g/mol. The van der Waals surface area contributed by atoms with Gasteiger partial charge in [0.2, 0.25) is 0 Å². The molecule has 2 aromatic carbocycles. The highest BCUT2D eigenvalue weighted by Gasteiger charge is 2.31. The molecule has 13 nitrogen and oxygen atoms in total. The van der Waals surface area contributed by atoms with Crippen molar-refractivity contribution in [2.75, 3.05) is 96.8 Å². The number of fused-ring (bicyclic) bond motifs is 2. The Labute approximate surface area is 406 Å². The first-order valence-corrected chi connectivity index (χ1v) is 24.0. The number of hydrogen-bond acceptors (Lipinski definition) is 13. The van der Waals surface area contributed by atoms with Gasteiger partial charge < -0.3 is 35.1 Å². The van der Waals surface area contributed by atoms with Crippen LogP contribution in [0.5, 0.6) is 0 Å². The summed E-state index contributed by atoms with van der Waals surface area (Å²) >= 11 is 0. The number of anilines is 2. The first-order chi connectivity index (χ1) is 32.0. The van der Waals surface area contributed by atoms with Crippen molar-refractivity contribution in [2.45, 2.75) is 96.6 Å². The molecule has 4 aliphatic heterocycles. The van der Waals surface area contributed by atoms with Crippen molar-refractivity contribution in [3.63, 3.8) is 0 Å². The Balaban J connectivity index is 0.000000237. The summed E-state index contributed by atoms with van der Waals surface area (Å²) < 4.78 is 10.0. The largest absolute Gasteiger partial charge is 0.468 e. The van der Waals surface area contributed by atoms with Crippen molar-refractivity contribution in [1.29, 1.82) is 0 Å². The molecule has 0 radical (unpaired) electrons. The van der Waals surface area contributed by atoms with E-state index in [4.69, 9.17) is 14.5 Å². The molecule has 2 unspecified atom stereocenters. The van der Waals surface area contributed by atoms with Gasteiger partial charge in [0.15, 0.2) is 0 Å². The van der Waals surface area contributed by atoms with Gasteiger partial charge >= 0.3 is 11.9 Å². The van der Waals surface area contributed by atoms with E-state index in [1.807, 2.05) is 60.7 Å². The van der Waals surface area contributed by atoms with Gasteiger partial charge in [0.1, 0.15) is 30.0 Å². The number of halogens is 1. The Morgan fingerprint density at radius 1 is 0.612 bits per heavy atom. The number of nitrogens with one attached hydrogen (secondary N) is 3. The van der Waals surface area contributed by atoms with Crippen molar-refractivity contribution < 1.29 is 23.9 Å². The van der Waals surface area contributed by atoms with Crippen molar-refractivity contribution in [3.05, 3.63) is 119 Å². The lowest BCUT2D eigenvalue weighted by atomic mass is 10.0. The Morgan fingerprint density at radius 3 is 1.57 bits per heavy atom. The number of rotatable bonds is 17. The van der Waals surface area contributed by atoms with Crippen molar-refractivity contribution in [1.82, 2.24) is 30.0 Å². The molecule has 3 N–H and O–H groups in total. The van der Waals surface area contributed by atoms with Gasteiger partial charge in [-0.15, -0.1) is 12.4 Å². The fraction of sp³-hybridized carbons (Fsp3) is 0.528. The lowest BCUT2D eigenvalue weighted by molar-refractivity contribution is -0.148. The standard InChI is InChI=1S/C26H36N4O2.C13H18N2O2.C13H18N2O.CH4.ClH/c1-32-26(31)24(21-9-4-2-5-10-21)30-19-17-29(18-20-30)16-7-3-6-12-23-14-13-22-11-8-15-27-25(22)28-23;1-17-13(16)12(11-5-3-2-4-6-11)15-9-7-14-8-10-15;16-10-3-1-2-6-12-8-7-11-5-4-9-14-13(11)15-12;;/h2,4-5,9-10,13-14,24H,3,6-8,11-12,15-20H2,1H3,(H,27,28);2-6,12,14H,7-10H2,1H3;7-8,10H,1-6,9H2,(H,14,15);1H4;1H. The highest BCUT2D eigenvalue weighted by molar-refractivity contribution is 5.85. The Bertz CT molecular complexity index is 2030. The van der Waals surface area contributed by atoms with Gasteiger partial charge in [-0.2, -0.15) is 0 Å². The van der Waals surface area contributed by atoms with Crippen molar-refractivity contribution >= 4 is 42.3 Å². The van der Waals surface area contributed by atoms with Crippen molar-refractivity contribution in [2.24, 2.45) is 0 Å². The van der Waals surface area contributed by atoms with E-state index < -0.39 is 0 Å². The predicted molar refractivity (Wildman–Crippen MR) is 272 cm³/mol. The number of benzene rings is 2. The number of hydrogen-bond donors (Lipinski definition) is 3. The molecule has 14 heteroatoms. The second kappa shape index (κ2) is 30.5. The summed E-state index contributed by atoms with van der Waals surface area (Å²) in [6.45, 7) is 10.6. The third-order valence-corrected chi connectivity index (χ3v) is 12.7. The summed E-state index contributed by atoms with van der Waals surface area (Å²) in [6, 6.07) is 28.0. The average Bonchev–Trinajstić information content (AvgIpc) is 3.37. The molecule has 2 fully saturated rings. The van der Waals surface area contributed by atoms with E-state index >= 15 is 0 Å². The monoisotopic (exact) mass is 941 g/mol. The SMILES string of the molecule is C.COC(=O)C(c1ccccc1)N1CCN(CCCCCc2ccc3c(n2)NCCC3)CC1.COC(=O)C(c1ccccc1)N1CCNCC1.Cl.O=CCCCCc1ccc2c(n1)NCCC2. The number of piperazine rings is 2. The molecule has 0 amide bonds. The quantitative estimate of drug-likeness (QED) is 0.0538. The molecule has 2 atom stereocenters. The van der Waals surface area contributed by atoms with E-state index in [-0.39, 0.29) is 43.9 Å². The number of aryl methyl sites for hydroxylation is 4. The lowest BCUT2D eigenvalue weighted by Crippen LogP contribution is -2.49. The Morgan fingerprint density at radius 2 is 1.09 bits per heavy atom. The summed E-state index contributed by atoms with van der Waals surface area (Å²) in [5, 5.41) is 10.1. The summed E-state index contributed by atoms with van der Waals surface area (Å²) in [6.07, 6.45) is 14.0. The highest BCUT2D eigenvalue weighted by atomic mass is 35.5. The summed E-state index contributed by atoms with van der Waals surface area (Å²) in [5.41, 5.74) is 7.06. The van der Waals surface area contributed by atoms with Gasteiger partial charge in [-0.05, 0) is 105 Å². The molecule has 8 rings (SSSR count). The molecule has 4 aliphatic rings. The van der Waals surface area contributed by atoms with Crippen molar-refractivity contribution in [3.8, 4) is 0 Å². The zero-order valence-corrected chi connectivity index (χ0v) is 40.1. The molecule has 6 heterocycles. The number of carbonyl (C=O) groups excluding carboxylic acids is 3. The van der Waals surface area contributed by atoms with Crippen LogP contribution in [0.3, 0.4) is 0 Å². The van der Waals surface area contributed by atoms with Gasteiger partial charge in [0.05, 0.1) is 14.2 Å². The minimum absolute atomic E-state index is 0. The van der Waals surface area contributed by atoms with E-state index in [2.05, 4.69) is 59.9 Å². The molecule has 4 aromatic rings. The van der Waals surface area contributed by atoms with Gasteiger partial charge in [-0.1, -0.05) is 86.6 Å². The molecule has 0 aliphatic carbocycles. The lowest BCUT2D eigenvalue weighted by Gasteiger charge is -2.38. The highest BCUT2D eigenvalue weighted by Crippen LogP contribution is 2.26. The molecule has 0 spiro atoms. The van der Waals surface area contributed by atoms with Gasteiger partial charge in [0.25, 0.3) is 0 Å². The van der Waals surface area contributed by atoms with Crippen LogP contribution in [0.4, 0.5) is 11.6 Å². The fourth-order valence-corrected chi connectivity index (χ4v) is 9.04. The zero-order chi connectivity index (χ0) is 45.5. The van der Waals surface area contributed by atoms with E-state index in [1.54, 1.807) is 0 Å². The smallest absolute Gasteiger partial charge is 0.327 e. The molecule has 366 valence electrons. The zero-order valence-electron chi connectivity index (χ0n) is 39.3. The van der Waals surface area contributed by atoms with Crippen LogP contribution in [0.15, 0.2) is 84.9 Å². The Hall–Kier alpha value is -4.92. The number of nitrogens with zero attached hydrogens (tertiary/aromatic N) is 5. The van der Waals surface area contributed by atoms with Crippen LogP contribution in [-0.4, -0.2) is 129 Å². The minimum Gasteiger partial charge on any atom is -0.468 e. The molecular formula is C53H77ClN8O5. The molecule has 0 saturated carbocycles. The molecule has 2 aromatic heterocycles. The minimum atomic E-state index is -0.304. The number of pyridine rings is 2. The van der Waals surface area contributed by atoms with Crippen LogP contribution in [-0.2, 0) is 49.5 Å². The van der Waals surface area contributed by atoms with Crippen LogP contribution in [0.1, 0.15) is 105 Å². The third kappa shape index (κ3) is 17.3. The third-order valence-electron chi connectivity index (χ3n) is 12.7.